The van der Waals surface area contributed by atoms with Crippen molar-refractivity contribution in [3.63, 3.8) is 0 Å². The van der Waals surface area contributed by atoms with Crippen molar-refractivity contribution in [1.82, 2.24) is 15.2 Å². The molecule has 0 unspecified atom stereocenters. The fourth-order valence-corrected chi connectivity index (χ4v) is 5.27. The SMILES string of the molecule is CO/N=C(\C(=O)N[C@@H]1C(=O)N2C(C(=O)O)=C(COC(C)=O)C[S@](=O)[C@H]12)c1csc(N)n1. The summed E-state index contributed by atoms with van der Waals surface area (Å²) in [5.41, 5.74) is 5.04. The Kier molecular flexibility index (Phi) is 6.35. The highest BCUT2D eigenvalue weighted by atomic mass is 32.2. The van der Waals surface area contributed by atoms with Gasteiger partial charge in [0.15, 0.2) is 10.8 Å². The van der Waals surface area contributed by atoms with Gasteiger partial charge in [0, 0.05) is 17.9 Å². The molecule has 2 amide bonds. The summed E-state index contributed by atoms with van der Waals surface area (Å²) < 4.78 is 17.5. The van der Waals surface area contributed by atoms with E-state index < -0.39 is 58.3 Å². The second kappa shape index (κ2) is 8.81. The van der Waals surface area contributed by atoms with E-state index in [9.17, 15) is 28.5 Å². The van der Waals surface area contributed by atoms with Crippen molar-refractivity contribution < 1.29 is 38.1 Å². The zero-order chi connectivity index (χ0) is 22.9. The second-order valence-corrected chi connectivity index (χ2v) is 8.73. The fourth-order valence-electron chi connectivity index (χ4n) is 3.05. The van der Waals surface area contributed by atoms with Crippen LogP contribution < -0.4 is 11.1 Å². The van der Waals surface area contributed by atoms with Crippen LogP contribution in [0.25, 0.3) is 0 Å². The van der Waals surface area contributed by atoms with Gasteiger partial charge in [-0.2, -0.15) is 0 Å². The minimum Gasteiger partial charge on any atom is -0.477 e. The zero-order valence-electron chi connectivity index (χ0n) is 16.2. The normalized spacial score (nSPS) is 23.0. The van der Waals surface area contributed by atoms with E-state index in [-0.39, 0.29) is 27.9 Å². The van der Waals surface area contributed by atoms with E-state index in [0.717, 1.165) is 23.2 Å². The number of ether oxygens (including phenoxy) is 1. The zero-order valence-corrected chi connectivity index (χ0v) is 17.8. The Hall–Kier alpha value is -3.33. The number of aliphatic carboxylic acids is 1. The standard InChI is InChI=1S/C16H17N5O8S2/c1-6(22)29-3-7-5-31(27)14-10(13(24)21(14)11(7)15(25)26)19-12(23)9(20-28-2)8-4-30-16(17)18-8/h4,10,14H,3,5H2,1-2H3,(H2,17,18)(H,19,23)(H,25,26)/b20-9-/t10-,14-,31+/m1/s1. The van der Waals surface area contributed by atoms with Gasteiger partial charge in [-0.05, 0) is 0 Å². The number of thiazole rings is 1. The third-order valence-corrected chi connectivity index (χ3v) is 6.63. The molecule has 166 valence electrons. The summed E-state index contributed by atoms with van der Waals surface area (Å²) in [5, 5.41) is 16.1. The van der Waals surface area contributed by atoms with Gasteiger partial charge in [-0.1, -0.05) is 5.16 Å². The van der Waals surface area contributed by atoms with Crippen LogP contribution in [-0.4, -0.2) is 79.5 Å². The average molecular weight is 471 g/mol. The molecular weight excluding hydrogens is 454 g/mol. The third kappa shape index (κ3) is 4.27. The smallest absolute Gasteiger partial charge is 0.352 e. The Labute approximate surface area is 181 Å². The number of carboxylic acid groups (broad SMARTS) is 1. The predicted molar refractivity (Wildman–Crippen MR) is 107 cm³/mol. The molecule has 0 spiro atoms. The predicted octanol–water partition coefficient (Wildman–Crippen LogP) is -1.61. The maximum atomic E-state index is 12.7. The van der Waals surface area contributed by atoms with Crippen molar-refractivity contribution in [2.75, 3.05) is 25.2 Å². The van der Waals surface area contributed by atoms with Gasteiger partial charge < -0.3 is 25.7 Å². The highest BCUT2D eigenvalue weighted by Gasteiger charge is 2.57. The number of β-lactam (4-membered cyclic amide) rings is 1. The molecule has 1 aromatic rings. The maximum absolute atomic E-state index is 12.7. The number of aromatic nitrogens is 1. The molecule has 3 atom stereocenters. The second-order valence-electron chi connectivity index (χ2n) is 6.31. The maximum Gasteiger partial charge on any atom is 0.352 e. The van der Waals surface area contributed by atoms with E-state index in [0.29, 0.717) is 0 Å². The molecule has 31 heavy (non-hydrogen) atoms. The van der Waals surface area contributed by atoms with E-state index in [2.05, 4.69) is 20.3 Å². The van der Waals surface area contributed by atoms with Crippen molar-refractivity contribution >= 4 is 56.7 Å². The lowest BCUT2D eigenvalue weighted by Gasteiger charge is -2.48. The first-order valence-corrected chi connectivity index (χ1v) is 10.8. The minimum atomic E-state index is -1.76. The van der Waals surface area contributed by atoms with E-state index in [1.165, 1.54) is 12.5 Å². The number of nitrogens with one attached hydrogen (secondary N) is 1. The van der Waals surface area contributed by atoms with Crippen molar-refractivity contribution in [1.29, 1.82) is 0 Å². The lowest BCUT2D eigenvalue weighted by molar-refractivity contribution is -0.150. The number of nitrogens with two attached hydrogens (primary N) is 1. The number of rotatable bonds is 7. The molecule has 4 N–H and O–H groups in total. The molecule has 2 aliphatic heterocycles. The van der Waals surface area contributed by atoms with E-state index in [1.54, 1.807) is 0 Å². The molecule has 3 rings (SSSR count). The first kappa shape index (κ1) is 22.4. The highest BCUT2D eigenvalue weighted by Crippen LogP contribution is 2.35. The Morgan fingerprint density at radius 1 is 1.48 bits per heavy atom. The van der Waals surface area contributed by atoms with Gasteiger partial charge in [0.1, 0.15) is 36.5 Å². The first-order chi connectivity index (χ1) is 14.6. The van der Waals surface area contributed by atoms with E-state index in [1.807, 2.05) is 0 Å². The molecule has 0 aliphatic carbocycles. The largest absolute Gasteiger partial charge is 0.477 e. The fraction of sp³-hybridized carbons (Fsp3) is 0.375. The summed E-state index contributed by atoms with van der Waals surface area (Å²) in [6.07, 6.45) is 0. The molecular formula is C16H17N5O8S2. The molecule has 1 fully saturated rings. The number of hydrogen-bond acceptors (Lipinski definition) is 11. The van der Waals surface area contributed by atoms with Crippen LogP contribution in [0, 0.1) is 0 Å². The monoisotopic (exact) mass is 471 g/mol. The number of esters is 1. The van der Waals surface area contributed by atoms with Gasteiger partial charge in [-0.3, -0.25) is 23.5 Å². The molecule has 15 heteroatoms. The molecule has 0 radical (unpaired) electrons. The summed E-state index contributed by atoms with van der Waals surface area (Å²) in [6, 6.07) is -1.25. The molecule has 2 aliphatic rings. The van der Waals surface area contributed by atoms with Gasteiger partial charge in [0.2, 0.25) is 0 Å². The lowest BCUT2D eigenvalue weighted by Crippen LogP contribution is -2.74. The van der Waals surface area contributed by atoms with Crippen molar-refractivity contribution in [3.8, 4) is 0 Å². The van der Waals surface area contributed by atoms with Crippen LogP contribution >= 0.6 is 11.3 Å². The molecule has 13 nitrogen and oxygen atoms in total. The van der Waals surface area contributed by atoms with Crippen LogP contribution in [-0.2, 0) is 39.6 Å². The van der Waals surface area contributed by atoms with Crippen LogP contribution in [0.4, 0.5) is 5.13 Å². The number of carbonyl (C=O) groups excluding carboxylic acids is 3. The van der Waals surface area contributed by atoms with Crippen LogP contribution in [0.1, 0.15) is 12.6 Å². The van der Waals surface area contributed by atoms with Gasteiger partial charge in [0.25, 0.3) is 11.8 Å². The van der Waals surface area contributed by atoms with Crippen LogP contribution in [0.3, 0.4) is 0 Å². The average Bonchev–Trinajstić information content (AvgIpc) is 3.13. The summed E-state index contributed by atoms with van der Waals surface area (Å²) in [7, 11) is -0.549. The lowest BCUT2D eigenvalue weighted by atomic mass is 10.0. The number of amides is 2. The Bertz CT molecular complexity index is 1050. The number of carbonyl (C=O) groups is 4. The van der Waals surface area contributed by atoms with Gasteiger partial charge in [-0.15, -0.1) is 11.3 Å². The summed E-state index contributed by atoms with van der Waals surface area (Å²) in [4.78, 5) is 57.5. The highest BCUT2D eigenvalue weighted by molar-refractivity contribution is 7.86. The number of oxime groups is 1. The van der Waals surface area contributed by atoms with E-state index in [4.69, 9.17) is 10.5 Å². The molecule has 3 heterocycles. The van der Waals surface area contributed by atoms with Crippen molar-refractivity contribution in [3.05, 3.63) is 22.3 Å². The number of carboxylic acids is 1. The number of hydrogen-bond donors (Lipinski definition) is 3. The molecule has 1 aromatic heterocycles. The first-order valence-electron chi connectivity index (χ1n) is 8.58. The minimum absolute atomic E-state index is 0.0370. The Morgan fingerprint density at radius 2 is 2.19 bits per heavy atom. The molecule has 1 saturated heterocycles. The van der Waals surface area contributed by atoms with Crippen molar-refractivity contribution in [2.45, 2.75) is 18.3 Å². The number of anilines is 1. The summed E-state index contributed by atoms with van der Waals surface area (Å²) in [6.45, 7) is 0.727. The number of fused-ring (bicyclic) bond motifs is 1. The van der Waals surface area contributed by atoms with Crippen LogP contribution in [0.15, 0.2) is 21.8 Å². The van der Waals surface area contributed by atoms with Crippen LogP contribution in [0.2, 0.25) is 0 Å². The summed E-state index contributed by atoms with van der Waals surface area (Å²) in [5.74, 6) is -3.95. The van der Waals surface area contributed by atoms with Crippen LogP contribution in [0.5, 0.6) is 0 Å². The Balaban J connectivity index is 1.84. The number of nitrogens with zero attached hydrogens (tertiary/aromatic N) is 3. The van der Waals surface area contributed by atoms with E-state index >= 15 is 0 Å². The third-order valence-electron chi connectivity index (χ3n) is 4.31. The van der Waals surface area contributed by atoms with Gasteiger partial charge >= 0.3 is 11.9 Å². The topological polar surface area (TPSA) is 191 Å². The van der Waals surface area contributed by atoms with Gasteiger partial charge in [-0.25, -0.2) is 9.78 Å². The van der Waals surface area contributed by atoms with Gasteiger partial charge in [0.05, 0.1) is 16.6 Å². The molecule has 0 bridgehead atoms. The van der Waals surface area contributed by atoms with Crippen molar-refractivity contribution in [2.24, 2.45) is 5.16 Å². The quantitative estimate of drug-likeness (QED) is 0.180. The summed E-state index contributed by atoms with van der Waals surface area (Å²) >= 11 is 1.06. The number of nitrogen functional groups attached to an aromatic ring is 1. The molecule has 0 aromatic carbocycles. The molecule has 0 saturated carbocycles. The Morgan fingerprint density at radius 3 is 2.74 bits per heavy atom.